The van der Waals surface area contributed by atoms with Crippen LogP contribution in [0, 0.1) is 6.92 Å². The molecule has 1 unspecified atom stereocenters. The third-order valence-electron chi connectivity index (χ3n) is 4.49. The summed E-state index contributed by atoms with van der Waals surface area (Å²) in [5, 5.41) is 0. The number of methoxy groups -OCH3 is 1. The lowest BCUT2D eigenvalue weighted by molar-refractivity contribution is -0.131. The number of nitrogens with two attached hydrogens (primary N) is 1. The van der Waals surface area contributed by atoms with E-state index in [1.807, 2.05) is 24.0 Å². The average Bonchev–Trinajstić information content (AvgIpc) is 2.81. The minimum atomic E-state index is 0.0191. The van der Waals surface area contributed by atoms with E-state index < -0.39 is 0 Å². The normalized spacial score (nSPS) is 17.0. The second kappa shape index (κ2) is 8.18. The Morgan fingerprint density at radius 2 is 1.95 bits per heavy atom. The molecule has 1 saturated heterocycles. The number of ether oxygens (including phenoxy) is 1. The van der Waals surface area contributed by atoms with Crippen molar-refractivity contribution in [2.75, 3.05) is 26.7 Å². The zero-order chi connectivity index (χ0) is 15.9. The highest BCUT2D eigenvalue weighted by Gasteiger charge is 2.22. The molecule has 122 valence electrons. The van der Waals surface area contributed by atoms with Crippen molar-refractivity contribution in [3.63, 3.8) is 0 Å². The Balaban J connectivity index is 2.11. The summed E-state index contributed by atoms with van der Waals surface area (Å²) in [6.45, 7) is 4.29. The maximum Gasteiger partial charge on any atom is 0.223 e. The van der Waals surface area contributed by atoms with Crippen LogP contribution >= 0.6 is 0 Å². The maximum atomic E-state index is 12.6. The lowest BCUT2D eigenvalue weighted by atomic mass is 9.93. The van der Waals surface area contributed by atoms with Crippen LogP contribution < -0.4 is 10.5 Å². The Hall–Kier alpha value is -1.55. The molecule has 0 bridgehead atoms. The summed E-state index contributed by atoms with van der Waals surface area (Å²) in [5.41, 5.74) is 8.17. The van der Waals surface area contributed by atoms with Crippen LogP contribution in [0.4, 0.5) is 0 Å². The molecule has 1 amide bonds. The lowest BCUT2D eigenvalue weighted by Crippen LogP contribution is -2.33. The van der Waals surface area contributed by atoms with E-state index in [4.69, 9.17) is 10.5 Å². The summed E-state index contributed by atoms with van der Waals surface area (Å²) in [6.07, 6.45) is 5.17. The van der Waals surface area contributed by atoms with Gasteiger partial charge in [-0.2, -0.15) is 0 Å². The summed E-state index contributed by atoms with van der Waals surface area (Å²) in [7, 11) is 1.67. The fourth-order valence-electron chi connectivity index (χ4n) is 3.15. The molecule has 2 N–H and O–H groups in total. The highest BCUT2D eigenvalue weighted by Crippen LogP contribution is 2.30. The Morgan fingerprint density at radius 3 is 2.55 bits per heavy atom. The number of hydrogen-bond donors (Lipinski definition) is 1. The molecule has 1 atom stereocenters. The number of aryl methyl sites for hydroxylation is 1. The van der Waals surface area contributed by atoms with Gasteiger partial charge in [0.25, 0.3) is 0 Å². The highest BCUT2D eigenvalue weighted by atomic mass is 16.5. The predicted octanol–water partition coefficient (Wildman–Crippen LogP) is 2.84. The third kappa shape index (κ3) is 4.23. The van der Waals surface area contributed by atoms with Crippen LogP contribution in [0.15, 0.2) is 18.2 Å². The molecule has 0 radical (unpaired) electrons. The zero-order valence-electron chi connectivity index (χ0n) is 13.8. The molecule has 1 aromatic rings. The highest BCUT2D eigenvalue weighted by molar-refractivity contribution is 5.77. The lowest BCUT2D eigenvalue weighted by Gasteiger charge is -2.24. The molecule has 4 nitrogen and oxygen atoms in total. The molecule has 1 aliphatic heterocycles. The van der Waals surface area contributed by atoms with Crippen LogP contribution in [0.1, 0.15) is 49.1 Å². The van der Waals surface area contributed by atoms with Crippen molar-refractivity contribution in [2.45, 2.75) is 44.9 Å². The van der Waals surface area contributed by atoms with Gasteiger partial charge < -0.3 is 15.4 Å². The monoisotopic (exact) mass is 304 g/mol. The van der Waals surface area contributed by atoms with Gasteiger partial charge >= 0.3 is 0 Å². The Kier molecular flexibility index (Phi) is 6.25. The Morgan fingerprint density at radius 1 is 1.27 bits per heavy atom. The molecule has 1 fully saturated rings. The average molecular weight is 304 g/mol. The van der Waals surface area contributed by atoms with Crippen molar-refractivity contribution in [1.82, 2.24) is 4.90 Å². The van der Waals surface area contributed by atoms with E-state index in [0.717, 1.165) is 42.8 Å². The topological polar surface area (TPSA) is 55.6 Å². The number of nitrogens with zero attached hydrogens (tertiary/aromatic N) is 1. The number of carbonyl (C=O) groups excluding carboxylic acids is 1. The van der Waals surface area contributed by atoms with Crippen molar-refractivity contribution < 1.29 is 9.53 Å². The van der Waals surface area contributed by atoms with Crippen LogP contribution in [-0.2, 0) is 4.79 Å². The van der Waals surface area contributed by atoms with Gasteiger partial charge in [-0.1, -0.05) is 30.5 Å². The quantitative estimate of drug-likeness (QED) is 0.910. The minimum Gasteiger partial charge on any atom is -0.496 e. The molecule has 1 aliphatic rings. The molecule has 2 rings (SSSR count). The summed E-state index contributed by atoms with van der Waals surface area (Å²) >= 11 is 0. The van der Waals surface area contributed by atoms with Crippen LogP contribution in [-0.4, -0.2) is 37.6 Å². The van der Waals surface area contributed by atoms with Gasteiger partial charge in [0, 0.05) is 25.4 Å². The first-order valence-corrected chi connectivity index (χ1v) is 8.28. The van der Waals surface area contributed by atoms with E-state index in [-0.39, 0.29) is 11.8 Å². The summed E-state index contributed by atoms with van der Waals surface area (Å²) in [5.74, 6) is 1.07. The molecule has 0 spiro atoms. The van der Waals surface area contributed by atoms with Crippen molar-refractivity contribution in [3.05, 3.63) is 29.3 Å². The summed E-state index contributed by atoms with van der Waals surface area (Å²) in [4.78, 5) is 14.6. The number of hydrogen-bond acceptors (Lipinski definition) is 3. The molecule has 22 heavy (non-hydrogen) atoms. The molecule has 0 aromatic heterocycles. The molecule has 0 saturated carbocycles. The van der Waals surface area contributed by atoms with Crippen molar-refractivity contribution in [1.29, 1.82) is 0 Å². The summed E-state index contributed by atoms with van der Waals surface area (Å²) < 4.78 is 5.45. The van der Waals surface area contributed by atoms with Crippen LogP contribution in [0.5, 0.6) is 5.75 Å². The van der Waals surface area contributed by atoms with Gasteiger partial charge in [0.05, 0.1) is 7.11 Å². The van der Waals surface area contributed by atoms with Crippen LogP contribution in [0.3, 0.4) is 0 Å². The third-order valence-corrected chi connectivity index (χ3v) is 4.49. The van der Waals surface area contributed by atoms with Crippen molar-refractivity contribution in [3.8, 4) is 5.75 Å². The molecule has 0 aliphatic carbocycles. The molecule has 4 heteroatoms. The van der Waals surface area contributed by atoms with Gasteiger partial charge in [-0.25, -0.2) is 0 Å². The van der Waals surface area contributed by atoms with Crippen molar-refractivity contribution >= 4 is 5.91 Å². The van der Waals surface area contributed by atoms with Crippen molar-refractivity contribution in [2.24, 2.45) is 5.73 Å². The maximum absolute atomic E-state index is 12.6. The summed E-state index contributed by atoms with van der Waals surface area (Å²) in [6, 6.07) is 6.07. The van der Waals surface area contributed by atoms with Gasteiger partial charge in [-0.05, 0) is 37.9 Å². The van der Waals surface area contributed by atoms with Gasteiger partial charge in [0.1, 0.15) is 5.75 Å². The van der Waals surface area contributed by atoms with E-state index in [0.29, 0.717) is 13.0 Å². The molecule has 1 heterocycles. The number of carbonyl (C=O) groups is 1. The minimum absolute atomic E-state index is 0.0191. The molecule has 1 aromatic carbocycles. The number of rotatable bonds is 5. The smallest absolute Gasteiger partial charge is 0.223 e. The second-order valence-corrected chi connectivity index (χ2v) is 6.18. The van der Waals surface area contributed by atoms with Gasteiger partial charge in [0.2, 0.25) is 5.91 Å². The molecular weight excluding hydrogens is 276 g/mol. The first kappa shape index (κ1) is 16.8. The SMILES string of the molecule is COc1ccc(C)cc1C(CN)CC(=O)N1CCCCCC1. The van der Waals surface area contributed by atoms with E-state index in [2.05, 4.69) is 6.07 Å². The van der Waals surface area contributed by atoms with Gasteiger partial charge in [0.15, 0.2) is 0 Å². The first-order chi connectivity index (χ1) is 10.7. The van der Waals surface area contributed by atoms with E-state index in [9.17, 15) is 4.79 Å². The number of amides is 1. The standard InChI is InChI=1S/C18H28N2O2/c1-14-7-8-17(22-2)16(11-14)15(13-19)12-18(21)20-9-5-3-4-6-10-20/h7-8,11,15H,3-6,9-10,12-13,19H2,1-2H3. The number of likely N-dealkylation sites (tertiary alicyclic amines) is 1. The van der Waals surface area contributed by atoms with Gasteiger partial charge in [-0.3, -0.25) is 4.79 Å². The fraction of sp³-hybridized carbons (Fsp3) is 0.611. The predicted molar refractivity (Wildman–Crippen MR) is 89.2 cm³/mol. The Labute approximate surface area is 133 Å². The van der Waals surface area contributed by atoms with E-state index in [1.165, 1.54) is 12.8 Å². The second-order valence-electron chi connectivity index (χ2n) is 6.18. The van der Waals surface area contributed by atoms with E-state index >= 15 is 0 Å². The first-order valence-electron chi connectivity index (χ1n) is 8.28. The zero-order valence-corrected chi connectivity index (χ0v) is 13.8. The van der Waals surface area contributed by atoms with Gasteiger partial charge in [-0.15, -0.1) is 0 Å². The Bertz CT molecular complexity index is 494. The fourth-order valence-corrected chi connectivity index (χ4v) is 3.15. The van der Waals surface area contributed by atoms with E-state index in [1.54, 1.807) is 7.11 Å². The van der Waals surface area contributed by atoms with Crippen LogP contribution in [0.2, 0.25) is 0 Å². The molecular formula is C18H28N2O2. The largest absolute Gasteiger partial charge is 0.496 e. The van der Waals surface area contributed by atoms with Crippen LogP contribution in [0.25, 0.3) is 0 Å². The number of benzene rings is 1.